The Labute approximate surface area is 181 Å². The van der Waals surface area contributed by atoms with Crippen molar-refractivity contribution >= 4 is 11.6 Å². The summed E-state index contributed by atoms with van der Waals surface area (Å²) in [6.45, 7) is 4.56. The van der Waals surface area contributed by atoms with Crippen LogP contribution in [0.2, 0.25) is 0 Å². The van der Waals surface area contributed by atoms with Crippen LogP contribution in [0.25, 0.3) is 5.65 Å². The van der Waals surface area contributed by atoms with E-state index < -0.39 is 0 Å². The van der Waals surface area contributed by atoms with Crippen LogP contribution in [0.15, 0.2) is 30.9 Å². The molecule has 1 saturated heterocycles. The van der Waals surface area contributed by atoms with Gasteiger partial charge in [-0.1, -0.05) is 6.07 Å². The van der Waals surface area contributed by atoms with E-state index in [9.17, 15) is 4.79 Å². The van der Waals surface area contributed by atoms with E-state index in [1.54, 1.807) is 23.7 Å². The quantitative estimate of drug-likeness (QED) is 0.643. The van der Waals surface area contributed by atoms with Gasteiger partial charge in [0.1, 0.15) is 11.9 Å². The van der Waals surface area contributed by atoms with Crippen molar-refractivity contribution in [2.24, 2.45) is 11.8 Å². The molecule has 0 unspecified atom stereocenters. The summed E-state index contributed by atoms with van der Waals surface area (Å²) in [5.74, 6) is 1.50. The Hall–Kier alpha value is -2.87. The first-order valence-electron chi connectivity index (χ1n) is 11.1. The van der Waals surface area contributed by atoms with Crippen LogP contribution in [0.5, 0.6) is 0 Å². The summed E-state index contributed by atoms with van der Waals surface area (Å²) in [7, 11) is 0. The Kier molecular flexibility index (Phi) is 5.40. The third kappa shape index (κ3) is 4.04. The molecule has 1 atom stereocenters. The molecule has 1 aliphatic carbocycles. The second-order valence-corrected chi connectivity index (χ2v) is 8.81. The first-order valence-corrected chi connectivity index (χ1v) is 11.1. The van der Waals surface area contributed by atoms with Gasteiger partial charge in [-0.05, 0) is 63.0 Å². The van der Waals surface area contributed by atoms with E-state index in [0.29, 0.717) is 12.5 Å². The molecular formula is C23H28N6O2. The van der Waals surface area contributed by atoms with Crippen LogP contribution in [0, 0.1) is 25.7 Å². The predicted octanol–water partition coefficient (Wildman–Crippen LogP) is 3.39. The molecule has 4 heterocycles. The van der Waals surface area contributed by atoms with Crippen molar-refractivity contribution in [3.8, 4) is 0 Å². The lowest BCUT2D eigenvalue weighted by atomic mass is 9.79. The fourth-order valence-corrected chi connectivity index (χ4v) is 5.00. The summed E-state index contributed by atoms with van der Waals surface area (Å²) < 4.78 is 1.90. The molecule has 1 aliphatic heterocycles. The Balaban J connectivity index is 1.21. The number of carbonyl (C=O) groups excluding carboxylic acids is 1. The van der Waals surface area contributed by atoms with Gasteiger partial charge in [0.05, 0.1) is 18.5 Å². The van der Waals surface area contributed by atoms with Gasteiger partial charge >= 0.3 is 0 Å². The Morgan fingerprint density at radius 3 is 2.77 bits per heavy atom. The highest BCUT2D eigenvalue weighted by Gasteiger charge is 2.37. The molecule has 8 nitrogen and oxygen atoms in total. The van der Waals surface area contributed by atoms with Crippen LogP contribution in [-0.4, -0.2) is 42.1 Å². The van der Waals surface area contributed by atoms with Gasteiger partial charge in [0.15, 0.2) is 5.65 Å². The van der Waals surface area contributed by atoms with Crippen LogP contribution < -0.4 is 0 Å². The number of rotatable bonds is 4. The van der Waals surface area contributed by atoms with Crippen LogP contribution in [0.4, 0.5) is 0 Å². The van der Waals surface area contributed by atoms with Crippen LogP contribution in [0.1, 0.15) is 60.8 Å². The second-order valence-electron chi connectivity index (χ2n) is 8.81. The van der Waals surface area contributed by atoms with Crippen molar-refractivity contribution in [2.75, 3.05) is 6.61 Å². The largest absolute Gasteiger partial charge is 0.272 e. The smallest absolute Gasteiger partial charge is 0.249 e. The van der Waals surface area contributed by atoms with E-state index >= 15 is 0 Å². The Bertz CT molecular complexity index is 1070. The average molecular weight is 421 g/mol. The molecule has 0 bridgehead atoms. The zero-order chi connectivity index (χ0) is 21.4. The molecule has 2 aliphatic rings. The van der Waals surface area contributed by atoms with Gasteiger partial charge in [0.25, 0.3) is 0 Å². The van der Waals surface area contributed by atoms with Gasteiger partial charge in [-0.2, -0.15) is 5.10 Å². The van der Waals surface area contributed by atoms with E-state index in [-0.39, 0.29) is 17.9 Å². The number of hydroxylamine groups is 2. The van der Waals surface area contributed by atoms with Crippen molar-refractivity contribution < 1.29 is 9.63 Å². The van der Waals surface area contributed by atoms with E-state index in [1.807, 2.05) is 11.4 Å². The third-order valence-corrected chi connectivity index (χ3v) is 6.55. The first kappa shape index (κ1) is 20.1. The van der Waals surface area contributed by atoms with Crippen molar-refractivity contribution in [2.45, 2.75) is 58.4 Å². The highest BCUT2D eigenvalue weighted by molar-refractivity contribution is 5.78. The number of amides is 1. The zero-order valence-corrected chi connectivity index (χ0v) is 18.1. The van der Waals surface area contributed by atoms with Crippen molar-refractivity contribution in [1.82, 2.24) is 29.6 Å². The van der Waals surface area contributed by atoms with Crippen LogP contribution in [-0.2, 0) is 16.1 Å². The number of fused-ring (bicyclic) bond motifs is 1. The molecule has 0 aromatic carbocycles. The van der Waals surface area contributed by atoms with E-state index in [0.717, 1.165) is 61.3 Å². The second kappa shape index (κ2) is 8.34. The number of aryl methyl sites for hydroxylation is 2. The molecule has 0 N–H and O–H groups in total. The Morgan fingerprint density at radius 2 is 2.00 bits per heavy atom. The van der Waals surface area contributed by atoms with Gasteiger partial charge in [-0.15, -0.1) is 0 Å². The minimum atomic E-state index is -0.125. The van der Waals surface area contributed by atoms with Crippen molar-refractivity contribution in [1.29, 1.82) is 0 Å². The normalized spacial score (nSPS) is 24.1. The average Bonchev–Trinajstić information content (AvgIpc) is 3.41. The first-order chi connectivity index (χ1) is 15.1. The molecule has 8 heteroatoms. The summed E-state index contributed by atoms with van der Waals surface area (Å²) >= 11 is 0. The van der Waals surface area contributed by atoms with Crippen LogP contribution in [0.3, 0.4) is 0 Å². The van der Waals surface area contributed by atoms with Crippen molar-refractivity contribution in [3.05, 3.63) is 53.5 Å². The molecule has 162 valence electrons. The predicted molar refractivity (Wildman–Crippen MR) is 114 cm³/mol. The Morgan fingerprint density at radius 1 is 1.16 bits per heavy atom. The molecule has 1 saturated carbocycles. The molecular weight excluding hydrogens is 392 g/mol. The van der Waals surface area contributed by atoms with E-state index in [2.05, 4.69) is 39.2 Å². The summed E-state index contributed by atoms with van der Waals surface area (Å²) in [5.41, 5.74) is 4.17. The molecule has 1 amide bonds. The van der Waals surface area contributed by atoms with Gasteiger partial charge < -0.3 is 0 Å². The van der Waals surface area contributed by atoms with E-state index in [4.69, 9.17) is 4.84 Å². The summed E-state index contributed by atoms with van der Waals surface area (Å²) in [5, 5.41) is 6.04. The van der Waals surface area contributed by atoms with E-state index in [1.165, 1.54) is 5.56 Å². The lowest BCUT2D eigenvalue weighted by Gasteiger charge is -2.31. The molecule has 5 rings (SSSR count). The minimum Gasteiger partial charge on any atom is -0.272 e. The van der Waals surface area contributed by atoms with Gasteiger partial charge in [0.2, 0.25) is 5.91 Å². The number of aromatic nitrogens is 5. The summed E-state index contributed by atoms with van der Waals surface area (Å²) in [4.78, 5) is 31.9. The summed E-state index contributed by atoms with van der Waals surface area (Å²) in [6, 6.07) is 2.10. The monoisotopic (exact) mass is 420 g/mol. The van der Waals surface area contributed by atoms with Crippen molar-refractivity contribution in [3.63, 3.8) is 0 Å². The van der Waals surface area contributed by atoms with Gasteiger partial charge in [0, 0.05) is 30.9 Å². The number of pyridine rings is 1. The molecule has 31 heavy (non-hydrogen) atoms. The molecule has 2 fully saturated rings. The van der Waals surface area contributed by atoms with Gasteiger partial charge in [-0.3, -0.25) is 19.6 Å². The van der Waals surface area contributed by atoms with Crippen LogP contribution >= 0.6 is 0 Å². The lowest BCUT2D eigenvalue weighted by Crippen LogP contribution is -2.37. The molecule has 0 spiro atoms. The fraction of sp³-hybridized carbons (Fsp3) is 0.522. The number of carbonyl (C=O) groups is 1. The number of nitrogens with zero attached hydrogens (tertiary/aromatic N) is 6. The maximum absolute atomic E-state index is 13.2. The maximum atomic E-state index is 13.2. The standard InChI is InChI=1S/C23H28N6O2/c1-15-11-18(14-28-22(15)26-16(2)27-28)12-17-3-5-19(6-4-17)23(30)29-21(7-10-31-29)20-13-24-8-9-25-20/h8-9,11,13-14,17,19,21H,3-7,10,12H2,1-2H3/t17?,19?,21-/m0/s1. The molecule has 3 aromatic heterocycles. The zero-order valence-electron chi connectivity index (χ0n) is 18.1. The fourth-order valence-electron chi connectivity index (χ4n) is 5.00. The highest BCUT2D eigenvalue weighted by atomic mass is 16.7. The SMILES string of the molecule is Cc1nc2c(C)cc(CC3CCC(C(=O)N4OCC[C@H]4c4cnccn4)CC3)cn2n1. The minimum absolute atomic E-state index is 0.0238. The number of hydrogen-bond donors (Lipinski definition) is 0. The lowest BCUT2D eigenvalue weighted by molar-refractivity contribution is -0.183. The summed E-state index contributed by atoms with van der Waals surface area (Å²) in [6.07, 6.45) is 12.8. The molecule has 0 radical (unpaired) electrons. The highest BCUT2D eigenvalue weighted by Crippen LogP contribution is 2.36. The third-order valence-electron chi connectivity index (χ3n) is 6.55. The maximum Gasteiger partial charge on any atom is 0.249 e. The van der Waals surface area contributed by atoms with Gasteiger partial charge in [-0.25, -0.2) is 14.6 Å². The molecule has 3 aromatic rings. The topological polar surface area (TPSA) is 85.5 Å². The number of hydrogen-bond acceptors (Lipinski definition) is 6.